The van der Waals surface area contributed by atoms with E-state index in [-0.39, 0.29) is 7.43 Å². The first-order chi connectivity index (χ1) is 5.81. The lowest BCUT2D eigenvalue weighted by Gasteiger charge is -2.43. The van der Waals surface area contributed by atoms with Crippen molar-refractivity contribution in [2.75, 3.05) is 20.1 Å². The van der Waals surface area contributed by atoms with Crippen molar-refractivity contribution >= 4 is 0 Å². The van der Waals surface area contributed by atoms with Crippen molar-refractivity contribution in [1.82, 2.24) is 4.90 Å². The summed E-state index contributed by atoms with van der Waals surface area (Å²) < 4.78 is 0. The van der Waals surface area contributed by atoms with E-state index in [0.29, 0.717) is 0 Å². The zero-order valence-corrected chi connectivity index (χ0v) is 8.31. The summed E-state index contributed by atoms with van der Waals surface area (Å²) in [7, 11) is 2.26. The molecule has 1 spiro atoms. The molecule has 1 heteroatoms. The van der Waals surface area contributed by atoms with Crippen LogP contribution in [0.3, 0.4) is 0 Å². The summed E-state index contributed by atoms with van der Waals surface area (Å²) in [5.74, 6) is 0. The van der Waals surface area contributed by atoms with Gasteiger partial charge in [0.2, 0.25) is 0 Å². The molecule has 2 aliphatic rings. The van der Waals surface area contributed by atoms with Crippen molar-refractivity contribution in [2.45, 2.75) is 52.4 Å². The van der Waals surface area contributed by atoms with E-state index in [1.807, 2.05) is 0 Å². The first kappa shape index (κ1) is 11.0. The van der Waals surface area contributed by atoms with Crippen LogP contribution in [-0.2, 0) is 0 Å². The summed E-state index contributed by atoms with van der Waals surface area (Å²) in [5.41, 5.74) is 0.796. The number of piperidine rings is 1. The molecule has 1 heterocycles. The lowest BCUT2D eigenvalue weighted by molar-refractivity contribution is 0.0807. The Balaban J connectivity index is 0.000000845. The average molecular weight is 183 g/mol. The van der Waals surface area contributed by atoms with Gasteiger partial charge in [0.15, 0.2) is 0 Å². The van der Waals surface area contributed by atoms with E-state index in [2.05, 4.69) is 11.9 Å². The van der Waals surface area contributed by atoms with Crippen LogP contribution in [0.4, 0.5) is 0 Å². The Hall–Kier alpha value is -0.0400. The normalized spacial score (nSPS) is 28.4. The molecule has 0 unspecified atom stereocenters. The molecule has 1 saturated carbocycles. The van der Waals surface area contributed by atoms with Gasteiger partial charge in [-0.15, -0.1) is 0 Å². The Morgan fingerprint density at radius 1 is 0.846 bits per heavy atom. The van der Waals surface area contributed by atoms with Crippen LogP contribution >= 0.6 is 0 Å². The third kappa shape index (κ3) is 2.46. The molecular formula is C12H25N. The highest BCUT2D eigenvalue weighted by atomic mass is 15.1. The second kappa shape index (κ2) is 4.45. The number of hydrogen-bond donors (Lipinski definition) is 0. The predicted molar refractivity (Wildman–Crippen MR) is 59.0 cm³/mol. The van der Waals surface area contributed by atoms with Crippen LogP contribution in [0.25, 0.3) is 0 Å². The number of likely N-dealkylation sites (tertiary alicyclic amines) is 1. The Morgan fingerprint density at radius 2 is 1.38 bits per heavy atom. The predicted octanol–water partition coefficient (Wildman–Crippen LogP) is 3.30. The average Bonchev–Trinajstić information content (AvgIpc) is 2.13. The van der Waals surface area contributed by atoms with Gasteiger partial charge in [0.1, 0.15) is 0 Å². The maximum Gasteiger partial charge on any atom is -0.00165 e. The standard InChI is InChI=1S/C11H21N.CH4/c1-12-9-7-11(8-10-12)5-3-2-4-6-11;/h2-10H2,1H3;1H4. The summed E-state index contributed by atoms with van der Waals surface area (Å²) in [5, 5.41) is 0. The third-order valence-corrected chi connectivity index (χ3v) is 3.96. The Bertz CT molecular complexity index is 137. The van der Waals surface area contributed by atoms with Crippen LogP contribution in [0, 0.1) is 5.41 Å². The van der Waals surface area contributed by atoms with E-state index >= 15 is 0 Å². The zero-order chi connectivity index (χ0) is 8.44. The lowest BCUT2D eigenvalue weighted by atomic mass is 9.68. The van der Waals surface area contributed by atoms with Gasteiger partial charge in [0.05, 0.1) is 0 Å². The highest BCUT2D eigenvalue weighted by Gasteiger charge is 2.34. The lowest BCUT2D eigenvalue weighted by Crippen LogP contribution is -2.38. The topological polar surface area (TPSA) is 3.24 Å². The van der Waals surface area contributed by atoms with Gasteiger partial charge in [-0.1, -0.05) is 26.7 Å². The van der Waals surface area contributed by atoms with Crippen LogP contribution < -0.4 is 0 Å². The summed E-state index contributed by atoms with van der Waals surface area (Å²) in [6.07, 6.45) is 10.5. The first-order valence-corrected chi connectivity index (χ1v) is 5.49. The van der Waals surface area contributed by atoms with Crippen LogP contribution in [0.15, 0.2) is 0 Å². The highest BCUT2D eigenvalue weighted by Crippen LogP contribution is 2.44. The number of hydrogen-bond acceptors (Lipinski definition) is 1. The van der Waals surface area contributed by atoms with Crippen molar-refractivity contribution in [1.29, 1.82) is 0 Å². The molecule has 2 fully saturated rings. The molecule has 1 aliphatic heterocycles. The molecule has 0 atom stereocenters. The summed E-state index contributed by atoms with van der Waals surface area (Å²) in [4.78, 5) is 2.49. The molecular weight excluding hydrogens is 158 g/mol. The van der Waals surface area contributed by atoms with Crippen molar-refractivity contribution in [3.63, 3.8) is 0 Å². The molecule has 1 nitrogen and oxygen atoms in total. The van der Waals surface area contributed by atoms with Crippen LogP contribution in [0.1, 0.15) is 52.4 Å². The van der Waals surface area contributed by atoms with Crippen molar-refractivity contribution in [3.05, 3.63) is 0 Å². The van der Waals surface area contributed by atoms with Gasteiger partial charge in [-0.3, -0.25) is 0 Å². The maximum atomic E-state index is 2.49. The fourth-order valence-electron chi connectivity index (χ4n) is 2.89. The quantitative estimate of drug-likeness (QED) is 0.557. The zero-order valence-electron chi connectivity index (χ0n) is 8.31. The van der Waals surface area contributed by atoms with Gasteiger partial charge in [0.25, 0.3) is 0 Å². The van der Waals surface area contributed by atoms with E-state index in [1.165, 1.54) is 58.0 Å². The van der Waals surface area contributed by atoms with E-state index in [4.69, 9.17) is 0 Å². The first-order valence-electron chi connectivity index (χ1n) is 5.49. The third-order valence-electron chi connectivity index (χ3n) is 3.96. The molecule has 1 aliphatic carbocycles. The van der Waals surface area contributed by atoms with Crippen LogP contribution in [-0.4, -0.2) is 25.0 Å². The molecule has 78 valence electrons. The van der Waals surface area contributed by atoms with E-state index in [9.17, 15) is 0 Å². The fourth-order valence-corrected chi connectivity index (χ4v) is 2.89. The van der Waals surface area contributed by atoms with Gasteiger partial charge in [-0.05, 0) is 51.2 Å². The molecule has 0 amide bonds. The Kier molecular flexibility index (Phi) is 3.78. The Labute approximate surface area is 83.5 Å². The molecule has 1 saturated heterocycles. The second-order valence-corrected chi connectivity index (χ2v) is 4.86. The SMILES string of the molecule is C.CN1CCC2(CCCCC2)CC1. The summed E-state index contributed by atoms with van der Waals surface area (Å²) >= 11 is 0. The summed E-state index contributed by atoms with van der Waals surface area (Å²) in [6, 6.07) is 0. The van der Waals surface area contributed by atoms with E-state index < -0.39 is 0 Å². The van der Waals surface area contributed by atoms with E-state index in [1.54, 1.807) is 0 Å². The van der Waals surface area contributed by atoms with Crippen molar-refractivity contribution in [2.24, 2.45) is 5.41 Å². The monoisotopic (exact) mass is 183 g/mol. The highest BCUT2D eigenvalue weighted by molar-refractivity contribution is 4.87. The number of rotatable bonds is 0. The molecule has 0 aromatic rings. The Morgan fingerprint density at radius 3 is 1.92 bits per heavy atom. The smallest absolute Gasteiger partial charge is 0.00165 e. The molecule has 0 N–H and O–H groups in total. The molecule has 0 aromatic heterocycles. The minimum absolute atomic E-state index is 0. The van der Waals surface area contributed by atoms with Crippen molar-refractivity contribution < 1.29 is 0 Å². The second-order valence-electron chi connectivity index (χ2n) is 4.86. The molecule has 2 rings (SSSR count). The van der Waals surface area contributed by atoms with Crippen molar-refractivity contribution in [3.8, 4) is 0 Å². The maximum absolute atomic E-state index is 2.49. The molecule has 13 heavy (non-hydrogen) atoms. The summed E-state index contributed by atoms with van der Waals surface area (Å²) in [6.45, 7) is 2.69. The minimum Gasteiger partial charge on any atom is -0.306 e. The molecule has 0 aromatic carbocycles. The minimum atomic E-state index is 0. The fraction of sp³-hybridized carbons (Fsp3) is 1.00. The van der Waals surface area contributed by atoms with Gasteiger partial charge >= 0.3 is 0 Å². The molecule has 0 bridgehead atoms. The van der Waals surface area contributed by atoms with Crippen LogP contribution in [0.2, 0.25) is 0 Å². The molecule has 0 radical (unpaired) electrons. The van der Waals surface area contributed by atoms with Gasteiger partial charge < -0.3 is 4.90 Å². The number of nitrogens with zero attached hydrogens (tertiary/aromatic N) is 1. The van der Waals surface area contributed by atoms with E-state index in [0.717, 1.165) is 5.41 Å². The van der Waals surface area contributed by atoms with Gasteiger partial charge in [0, 0.05) is 0 Å². The van der Waals surface area contributed by atoms with Gasteiger partial charge in [-0.2, -0.15) is 0 Å². The largest absolute Gasteiger partial charge is 0.306 e. The van der Waals surface area contributed by atoms with Crippen LogP contribution in [0.5, 0.6) is 0 Å². The van der Waals surface area contributed by atoms with Gasteiger partial charge in [-0.25, -0.2) is 0 Å².